The third-order valence-electron chi connectivity index (χ3n) is 2.66. The summed E-state index contributed by atoms with van der Waals surface area (Å²) >= 11 is 3.45. The summed E-state index contributed by atoms with van der Waals surface area (Å²) in [7, 11) is 1.93. The van der Waals surface area contributed by atoms with Gasteiger partial charge >= 0.3 is 0 Å². The van der Waals surface area contributed by atoms with Gasteiger partial charge < -0.3 is 10.3 Å². The number of aromatic amines is 1. The van der Waals surface area contributed by atoms with Gasteiger partial charge in [0, 0.05) is 4.47 Å². The molecule has 4 heteroatoms. The molecular formula is C11H14BrN3. The van der Waals surface area contributed by atoms with Gasteiger partial charge in [0.2, 0.25) is 0 Å². The lowest BCUT2D eigenvalue weighted by atomic mass is 10.1. The van der Waals surface area contributed by atoms with Crippen LogP contribution >= 0.6 is 15.9 Å². The zero-order valence-electron chi connectivity index (χ0n) is 9.06. The monoisotopic (exact) mass is 267 g/mol. The molecule has 1 aromatic heterocycles. The molecule has 0 radical (unpaired) electrons. The zero-order chi connectivity index (χ0) is 11.1. The Labute approximate surface area is 97.4 Å². The van der Waals surface area contributed by atoms with Crippen molar-refractivity contribution < 1.29 is 0 Å². The van der Waals surface area contributed by atoms with Crippen LogP contribution in [0.4, 0.5) is 0 Å². The van der Waals surface area contributed by atoms with Crippen molar-refractivity contribution in [1.82, 2.24) is 15.3 Å². The summed E-state index contributed by atoms with van der Waals surface area (Å²) in [6, 6.07) is 6.04. The molecule has 0 spiro atoms. The van der Waals surface area contributed by atoms with E-state index in [4.69, 9.17) is 0 Å². The average molecular weight is 268 g/mol. The number of fused-ring (bicyclic) bond motifs is 1. The Morgan fingerprint density at radius 3 is 2.80 bits per heavy atom. The second-order valence-corrected chi connectivity index (χ2v) is 5.04. The van der Waals surface area contributed by atoms with Crippen molar-refractivity contribution in [2.24, 2.45) is 0 Å². The van der Waals surface area contributed by atoms with Gasteiger partial charge in [-0.25, -0.2) is 4.98 Å². The lowest BCUT2D eigenvalue weighted by Gasteiger charge is -2.20. The molecule has 0 fully saturated rings. The van der Waals surface area contributed by atoms with Crippen molar-refractivity contribution in [3.8, 4) is 0 Å². The maximum Gasteiger partial charge on any atom is 0.127 e. The summed E-state index contributed by atoms with van der Waals surface area (Å²) in [5.41, 5.74) is 1.92. The molecule has 0 unspecified atom stereocenters. The predicted molar refractivity (Wildman–Crippen MR) is 65.9 cm³/mol. The van der Waals surface area contributed by atoms with Crippen LogP contribution < -0.4 is 5.32 Å². The summed E-state index contributed by atoms with van der Waals surface area (Å²) in [5.74, 6) is 0.957. The fourth-order valence-corrected chi connectivity index (χ4v) is 1.76. The highest BCUT2D eigenvalue weighted by Crippen LogP contribution is 2.22. The molecule has 0 aliphatic heterocycles. The van der Waals surface area contributed by atoms with E-state index in [0.717, 1.165) is 21.3 Å². The Morgan fingerprint density at radius 1 is 1.40 bits per heavy atom. The van der Waals surface area contributed by atoms with E-state index in [2.05, 4.69) is 45.1 Å². The lowest BCUT2D eigenvalue weighted by molar-refractivity contribution is 0.422. The molecule has 0 aliphatic carbocycles. The first-order valence-corrected chi connectivity index (χ1v) is 5.67. The van der Waals surface area contributed by atoms with E-state index in [1.807, 2.05) is 25.2 Å². The van der Waals surface area contributed by atoms with Gasteiger partial charge in [-0.3, -0.25) is 0 Å². The molecule has 0 saturated heterocycles. The number of nitrogens with one attached hydrogen (secondary N) is 2. The summed E-state index contributed by atoms with van der Waals surface area (Å²) in [6.45, 7) is 4.19. The normalized spacial score (nSPS) is 12.3. The quantitative estimate of drug-likeness (QED) is 0.879. The van der Waals surface area contributed by atoms with Crippen LogP contribution in [-0.4, -0.2) is 17.0 Å². The van der Waals surface area contributed by atoms with E-state index < -0.39 is 0 Å². The molecule has 15 heavy (non-hydrogen) atoms. The van der Waals surface area contributed by atoms with Crippen molar-refractivity contribution in [2.45, 2.75) is 19.4 Å². The summed E-state index contributed by atoms with van der Waals surface area (Å²) in [4.78, 5) is 7.88. The minimum absolute atomic E-state index is 0.133. The van der Waals surface area contributed by atoms with Gasteiger partial charge in [0.05, 0.1) is 16.6 Å². The van der Waals surface area contributed by atoms with Crippen LogP contribution in [-0.2, 0) is 5.54 Å². The van der Waals surface area contributed by atoms with Gasteiger partial charge in [0.15, 0.2) is 0 Å². The topological polar surface area (TPSA) is 40.7 Å². The number of hydrogen-bond donors (Lipinski definition) is 2. The minimum Gasteiger partial charge on any atom is -0.340 e. The Bertz CT molecular complexity index is 488. The average Bonchev–Trinajstić information content (AvgIpc) is 2.61. The first-order valence-electron chi connectivity index (χ1n) is 4.87. The number of rotatable bonds is 2. The van der Waals surface area contributed by atoms with Crippen molar-refractivity contribution in [3.05, 3.63) is 28.5 Å². The Kier molecular flexibility index (Phi) is 2.56. The van der Waals surface area contributed by atoms with Gasteiger partial charge in [0.1, 0.15) is 5.82 Å². The van der Waals surface area contributed by atoms with Gasteiger partial charge in [-0.05, 0) is 39.1 Å². The highest BCUT2D eigenvalue weighted by atomic mass is 79.9. The number of halogens is 1. The third kappa shape index (κ3) is 1.92. The second-order valence-electron chi connectivity index (χ2n) is 4.12. The van der Waals surface area contributed by atoms with E-state index in [0.29, 0.717) is 0 Å². The molecule has 0 saturated carbocycles. The van der Waals surface area contributed by atoms with Crippen molar-refractivity contribution in [1.29, 1.82) is 0 Å². The van der Waals surface area contributed by atoms with Gasteiger partial charge in [-0.15, -0.1) is 0 Å². The molecular weight excluding hydrogens is 254 g/mol. The van der Waals surface area contributed by atoms with E-state index in [1.54, 1.807) is 0 Å². The zero-order valence-corrected chi connectivity index (χ0v) is 10.6. The molecule has 0 aliphatic rings. The third-order valence-corrected chi connectivity index (χ3v) is 3.15. The minimum atomic E-state index is -0.133. The van der Waals surface area contributed by atoms with Crippen molar-refractivity contribution >= 4 is 27.0 Å². The number of benzene rings is 1. The van der Waals surface area contributed by atoms with Crippen molar-refractivity contribution in [3.63, 3.8) is 0 Å². The van der Waals surface area contributed by atoms with Crippen LogP contribution in [0.1, 0.15) is 19.7 Å². The van der Waals surface area contributed by atoms with Crippen molar-refractivity contribution in [2.75, 3.05) is 7.05 Å². The van der Waals surface area contributed by atoms with Gasteiger partial charge in [-0.2, -0.15) is 0 Å². The Balaban J connectivity index is 2.56. The SMILES string of the molecule is CNC(C)(C)c1nc2ccc(Br)cc2[nH]1. The van der Waals surface area contributed by atoms with Gasteiger partial charge in [-0.1, -0.05) is 15.9 Å². The first kappa shape index (κ1) is 10.6. The number of nitrogens with zero attached hydrogens (tertiary/aromatic N) is 1. The molecule has 3 nitrogen and oxygen atoms in total. The van der Waals surface area contributed by atoms with E-state index in [1.165, 1.54) is 0 Å². The maximum absolute atomic E-state index is 4.56. The van der Waals surface area contributed by atoms with Gasteiger partial charge in [0.25, 0.3) is 0 Å². The number of imidazole rings is 1. The number of H-pyrrole nitrogens is 1. The van der Waals surface area contributed by atoms with Crippen LogP contribution in [0.5, 0.6) is 0 Å². The van der Waals surface area contributed by atoms with Crippen LogP contribution in [0.15, 0.2) is 22.7 Å². The largest absolute Gasteiger partial charge is 0.340 e. The molecule has 1 heterocycles. The van der Waals surface area contributed by atoms with Crippen LogP contribution in [0.2, 0.25) is 0 Å². The maximum atomic E-state index is 4.56. The highest BCUT2D eigenvalue weighted by molar-refractivity contribution is 9.10. The molecule has 1 aromatic carbocycles. The molecule has 0 amide bonds. The molecule has 2 aromatic rings. The summed E-state index contributed by atoms with van der Waals surface area (Å²) < 4.78 is 1.06. The predicted octanol–water partition coefficient (Wildman–Crippen LogP) is 2.78. The number of aromatic nitrogens is 2. The van der Waals surface area contributed by atoms with E-state index >= 15 is 0 Å². The lowest BCUT2D eigenvalue weighted by Crippen LogP contribution is -2.34. The Hall–Kier alpha value is -0.870. The second kappa shape index (κ2) is 3.61. The molecule has 80 valence electrons. The fourth-order valence-electron chi connectivity index (χ4n) is 1.40. The molecule has 2 rings (SSSR count). The summed E-state index contributed by atoms with van der Waals surface area (Å²) in [5, 5.41) is 3.23. The van der Waals surface area contributed by atoms with E-state index in [-0.39, 0.29) is 5.54 Å². The highest BCUT2D eigenvalue weighted by Gasteiger charge is 2.21. The van der Waals surface area contributed by atoms with Crippen LogP contribution in [0.25, 0.3) is 11.0 Å². The van der Waals surface area contributed by atoms with Crippen LogP contribution in [0, 0.1) is 0 Å². The fraction of sp³-hybridized carbons (Fsp3) is 0.364. The summed E-state index contributed by atoms with van der Waals surface area (Å²) in [6.07, 6.45) is 0. The smallest absolute Gasteiger partial charge is 0.127 e. The standard InChI is InChI=1S/C11H14BrN3/c1-11(2,13-3)10-14-8-5-4-7(12)6-9(8)15-10/h4-6,13H,1-3H3,(H,14,15). The van der Waals surface area contributed by atoms with Crippen LogP contribution in [0.3, 0.4) is 0 Å². The molecule has 0 atom stereocenters. The first-order chi connectivity index (χ1) is 7.03. The van der Waals surface area contributed by atoms with E-state index in [9.17, 15) is 0 Å². The Morgan fingerprint density at radius 2 is 2.13 bits per heavy atom. The molecule has 2 N–H and O–H groups in total. The number of hydrogen-bond acceptors (Lipinski definition) is 2. The molecule has 0 bridgehead atoms.